The first-order chi connectivity index (χ1) is 11.0. The summed E-state index contributed by atoms with van der Waals surface area (Å²) in [6.07, 6.45) is 4.95. The predicted octanol–water partition coefficient (Wildman–Crippen LogP) is 3.25. The fraction of sp³-hybridized carbons (Fsp3) is 0.444. The van der Waals surface area contributed by atoms with Gasteiger partial charge >= 0.3 is 0 Å². The number of H-pyrrole nitrogens is 1. The fourth-order valence-corrected chi connectivity index (χ4v) is 2.75. The maximum absolute atomic E-state index is 4.68. The molecule has 3 aromatic rings. The highest BCUT2D eigenvalue weighted by Crippen LogP contribution is 2.17. The highest BCUT2D eigenvalue weighted by molar-refractivity contribution is 5.77. The first kappa shape index (κ1) is 15.7. The standard InChI is InChI=1S/C18H25N5/c1-12-9-16-17(10-13(12)2)22-18(21-16)11-20-14(3)5-7-23-8-6-19-15(23)4/h6,8-10,14,20H,5,7,11H2,1-4H3,(H,21,22)/t14-/m0/s1. The maximum atomic E-state index is 4.68. The van der Waals surface area contributed by atoms with Crippen molar-refractivity contribution in [3.8, 4) is 0 Å². The molecule has 3 rings (SSSR count). The quantitative estimate of drug-likeness (QED) is 0.734. The zero-order chi connectivity index (χ0) is 16.4. The summed E-state index contributed by atoms with van der Waals surface area (Å²) in [4.78, 5) is 12.3. The lowest BCUT2D eigenvalue weighted by atomic mass is 10.1. The topological polar surface area (TPSA) is 58.5 Å². The SMILES string of the molecule is Cc1cc2nc(CN[C@@H](C)CCn3ccnc3C)[nH]c2cc1C. The van der Waals surface area contributed by atoms with Crippen molar-refractivity contribution >= 4 is 11.0 Å². The molecule has 2 heterocycles. The molecule has 0 aliphatic heterocycles. The number of nitrogens with zero attached hydrogens (tertiary/aromatic N) is 3. The third-order valence-electron chi connectivity index (χ3n) is 4.49. The van der Waals surface area contributed by atoms with Gasteiger partial charge in [0.05, 0.1) is 17.6 Å². The number of fused-ring (bicyclic) bond motifs is 1. The summed E-state index contributed by atoms with van der Waals surface area (Å²) in [5, 5.41) is 3.54. The molecule has 0 saturated carbocycles. The Morgan fingerprint density at radius 1 is 1.22 bits per heavy atom. The lowest BCUT2D eigenvalue weighted by Gasteiger charge is -2.13. The van der Waals surface area contributed by atoms with Gasteiger partial charge < -0.3 is 14.9 Å². The maximum Gasteiger partial charge on any atom is 0.121 e. The molecule has 0 fully saturated rings. The molecule has 0 aliphatic carbocycles. The van der Waals surface area contributed by atoms with Gasteiger partial charge in [0, 0.05) is 25.0 Å². The predicted molar refractivity (Wildman–Crippen MR) is 93.5 cm³/mol. The fourth-order valence-electron chi connectivity index (χ4n) is 2.75. The average molecular weight is 311 g/mol. The molecule has 2 aromatic heterocycles. The number of benzene rings is 1. The molecule has 0 unspecified atom stereocenters. The number of hydrogen-bond acceptors (Lipinski definition) is 3. The van der Waals surface area contributed by atoms with Gasteiger partial charge in [-0.2, -0.15) is 0 Å². The molecular weight excluding hydrogens is 286 g/mol. The van der Waals surface area contributed by atoms with E-state index in [2.05, 4.69) is 57.7 Å². The van der Waals surface area contributed by atoms with E-state index in [1.807, 2.05) is 19.3 Å². The van der Waals surface area contributed by atoms with Crippen LogP contribution in [0.4, 0.5) is 0 Å². The largest absolute Gasteiger partial charge is 0.341 e. The highest BCUT2D eigenvalue weighted by Gasteiger charge is 2.07. The third-order valence-corrected chi connectivity index (χ3v) is 4.49. The molecule has 122 valence electrons. The van der Waals surface area contributed by atoms with Gasteiger partial charge in [0.25, 0.3) is 0 Å². The van der Waals surface area contributed by atoms with Gasteiger partial charge in [0.2, 0.25) is 0 Å². The molecule has 0 spiro atoms. The molecule has 0 radical (unpaired) electrons. The van der Waals surface area contributed by atoms with Crippen LogP contribution in [0.5, 0.6) is 0 Å². The van der Waals surface area contributed by atoms with Crippen molar-refractivity contribution in [2.45, 2.75) is 53.2 Å². The van der Waals surface area contributed by atoms with Gasteiger partial charge in [-0.1, -0.05) is 0 Å². The molecular formula is C18H25N5. The van der Waals surface area contributed by atoms with Crippen molar-refractivity contribution in [3.63, 3.8) is 0 Å². The molecule has 2 N–H and O–H groups in total. The smallest absolute Gasteiger partial charge is 0.121 e. The van der Waals surface area contributed by atoms with Crippen LogP contribution < -0.4 is 5.32 Å². The van der Waals surface area contributed by atoms with Crippen LogP contribution in [0, 0.1) is 20.8 Å². The molecule has 1 atom stereocenters. The number of rotatable bonds is 6. The Kier molecular flexibility index (Phi) is 4.48. The van der Waals surface area contributed by atoms with Gasteiger partial charge in [0.15, 0.2) is 0 Å². The van der Waals surface area contributed by atoms with E-state index in [-0.39, 0.29) is 0 Å². The summed E-state index contributed by atoms with van der Waals surface area (Å²) in [5.74, 6) is 2.07. The van der Waals surface area contributed by atoms with E-state index >= 15 is 0 Å². The van der Waals surface area contributed by atoms with Crippen LogP contribution in [0.1, 0.15) is 36.1 Å². The van der Waals surface area contributed by atoms with Crippen LogP contribution in [0.2, 0.25) is 0 Å². The first-order valence-corrected chi connectivity index (χ1v) is 8.20. The van der Waals surface area contributed by atoms with Crippen molar-refractivity contribution in [1.29, 1.82) is 0 Å². The molecule has 0 aliphatic rings. The van der Waals surface area contributed by atoms with Gasteiger partial charge in [0.1, 0.15) is 11.6 Å². The Bertz CT molecular complexity index is 760. The van der Waals surface area contributed by atoms with Crippen molar-refractivity contribution in [2.75, 3.05) is 0 Å². The Hall–Kier alpha value is -2.14. The monoisotopic (exact) mass is 311 g/mol. The van der Waals surface area contributed by atoms with E-state index in [0.29, 0.717) is 6.04 Å². The van der Waals surface area contributed by atoms with E-state index in [9.17, 15) is 0 Å². The Morgan fingerprint density at radius 2 is 2.00 bits per heavy atom. The summed E-state index contributed by atoms with van der Waals surface area (Å²) in [6.45, 7) is 10.3. The molecule has 1 aromatic carbocycles. The second-order valence-electron chi connectivity index (χ2n) is 6.38. The minimum atomic E-state index is 0.425. The van der Waals surface area contributed by atoms with E-state index in [0.717, 1.165) is 42.2 Å². The Morgan fingerprint density at radius 3 is 2.74 bits per heavy atom. The van der Waals surface area contributed by atoms with Crippen LogP contribution in [0.15, 0.2) is 24.5 Å². The summed E-state index contributed by atoms with van der Waals surface area (Å²) in [7, 11) is 0. The summed E-state index contributed by atoms with van der Waals surface area (Å²) in [6, 6.07) is 4.75. The first-order valence-electron chi connectivity index (χ1n) is 8.20. The molecule has 0 bridgehead atoms. The molecule has 0 amide bonds. The number of aryl methyl sites for hydroxylation is 4. The van der Waals surface area contributed by atoms with Crippen LogP contribution >= 0.6 is 0 Å². The summed E-state index contributed by atoms with van der Waals surface area (Å²) >= 11 is 0. The zero-order valence-corrected chi connectivity index (χ0v) is 14.3. The molecule has 23 heavy (non-hydrogen) atoms. The van der Waals surface area contributed by atoms with Crippen LogP contribution in [0.25, 0.3) is 11.0 Å². The zero-order valence-electron chi connectivity index (χ0n) is 14.3. The number of hydrogen-bond donors (Lipinski definition) is 2. The van der Waals surface area contributed by atoms with Crippen molar-refractivity contribution in [1.82, 2.24) is 24.8 Å². The van der Waals surface area contributed by atoms with Gasteiger partial charge in [-0.15, -0.1) is 0 Å². The normalized spacial score (nSPS) is 12.9. The lowest BCUT2D eigenvalue weighted by molar-refractivity contribution is 0.467. The minimum Gasteiger partial charge on any atom is -0.341 e. The van der Waals surface area contributed by atoms with Crippen molar-refractivity contribution < 1.29 is 0 Å². The average Bonchev–Trinajstić information content (AvgIpc) is 3.09. The van der Waals surface area contributed by atoms with E-state index in [1.54, 1.807) is 0 Å². The van der Waals surface area contributed by atoms with E-state index < -0.39 is 0 Å². The Balaban J connectivity index is 1.56. The van der Waals surface area contributed by atoms with Crippen LogP contribution in [-0.2, 0) is 13.1 Å². The van der Waals surface area contributed by atoms with Crippen molar-refractivity contribution in [2.24, 2.45) is 0 Å². The third kappa shape index (κ3) is 3.62. The van der Waals surface area contributed by atoms with Gasteiger partial charge in [-0.25, -0.2) is 9.97 Å². The van der Waals surface area contributed by atoms with Gasteiger partial charge in [-0.05, 0) is 57.4 Å². The number of imidazole rings is 2. The lowest BCUT2D eigenvalue weighted by Crippen LogP contribution is -2.27. The summed E-state index contributed by atoms with van der Waals surface area (Å²) in [5.41, 5.74) is 4.75. The number of aromatic nitrogens is 4. The van der Waals surface area contributed by atoms with Gasteiger partial charge in [-0.3, -0.25) is 0 Å². The summed E-state index contributed by atoms with van der Waals surface area (Å²) < 4.78 is 2.19. The van der Waals surface area contributed by atoms with Crippen LogP contribution in [0.3, 0.4) is 0 Å². The van der Waals surface area contributed by atoms with E-state index in [4.69, 9.17) is 0 Å². The van der Waals surface area contributed by atoms with E-state index in [1.165, 1.54) is 11.1 Å². The van der Waals surface area contributed by atoms with Crippen molar-refractivity contribution in [3.05, 3.63) is 47.3 Å². The number of aromatic amines is 1. The molecule has 5 heteroatoms. The van der Waals surface area contributed by atoms with Crippen LogP contribution in [-0.4, -0.2) is 25.6 Å². The molecule has 5 nitrogen and oxygen atoms in total. The molecule has 0 saturated heterocycles. The Labute approximate surface area is 137 Å². The second-order valence-corrected chi connectivity index (χ2v) is 6.38. The number of nitrogens with one attached hydrogen (secondary N) is 2. The minimum absolute atomic E-state index is 0.425. The second kappa shape index (κ2) is 6.54. The highest BCUT2D eigenvalue weighted by atomic mass is 15.1.